The molecule has 0 spiro atoms. The maximum Gasteiger partial charge on any atom is 0.161 e. The first kappa shape index (κ1) is 15.2. The van der Waals surface area contributed by atoms with Crippen LogP contribution in [0.1, 0.15) is 40.5 Å². The van der Waals surface area contributed by atoms with Crippen molar-refractivity contribution in [3.8, 4) is 0 Å². The Balaban J connectivity index is 2.48. The van der Waals surface area contributed by atoms with Crippen LogP contribution in [0.5, 0.6) is 0 Å². The molecule has 0 aliphatic carbocycles. The molecule has 3 unspecified atom stereocenters. The molecule has 0 amide bonds. The number of rotatable bonds is 5. The first-order valence-electron chi connectivity index (χ1n) is 7.09. The Kier molecular flexibility index (Phi) is 6.34. The quantitative estimate of drug-likeness (QED) is 0.598. The first-order chi connectivity index (χ1) is 8.54. The molecule has 1 heterocycles. The van der Waals surface area contributed by atoms with Crippen LogP contribution in [0.2, 0.25) is 0 Å². The van der Waals surface area contributed by atoms with Crippen molar-refractivity contribution in [2.45, 2.75) is 40.5 Å². The second-order valence-corrected chi connectivity index (χ2v) is 5.74. The molecule has 1 aliphatic rings. The van der Waals surface area contributed by atoms with E-state index < -0.39 is 0 Å². The number of carbonyl (C=O) groups excluding carboxylic acids is 1. The molecular weight excluding hydrogens is 222 g/mol. The smallest absolute Gasteiger partial charge is 0.161 e. The van der Waals surface area contributed by atoms with Gasteiger partial charge in [-0.1, -0.05) is 32.1 Å². The lowest BCUT2D eigenvalue weighted by atomic mass is 9.83. The van der Waals surface area contributed by atoms with Gasteiger partial charge in [-0.15, -0.1) is 0 Å². The summed E-state index contributed by atoms with van der Waals surface area (Å²) in [7, 11) is 0. The van der Waals surface area contributed by atoms with Gasteiger partial charge in [-0.3, -0.25) is 4.79 Å². The van der Waals surface area contributed by atoms with Gasteiger partial charge in [0.05, 0.1) is 0 Å². The Morgan fingerprint density at radius 2 is 2.17 bits per heavy atom. The van der Waals surface area contributed by atoms with Crippen molar-refractivity contribution in [2.24, 2.45) is 17.8 Å². The van der Waals surface area contributed by atoms with Crippen LogP contribution in [0.3, 0.4) is 0 Å². The van der Waals surface area contributed by atoms with E-state index in [1.807, 2.05) is 32.1 Å². The molecule has 2 nitrogen and oxygen atoms in total. The molecule has 0 aromatic rings. The average molecular weight is 249 g/mol. The Hall–Kier alpha value is -0.890. The molecule has 0 radical (unpaired) electrons. The molecule has 102 valence electrons. The number of hydrogen-bond donors (Lipinski definition) is 1. The molecule has 3 atom stereocenters. The molecular formula is C16H27NO. The molecule has 1 aliphatic heterocycles. The summed E-state index contributed by atoms with van der Waals surface area (Å²) in [5.74, 6) is 1.84. The predicted octanol–water partition coefficient (Wildman–Crippen LogP) is 3.35. The van der Waals surface area contributed by atoms with Crippen molar-refractivity contribution in [1.29, 1.82) is 0 Å². The third kappa shape index (κ3) is 4.77. The van der Waals surface area contributed by atoms with Gasteiger partial charge in [-0.2, -0.15) is 0 Å². The average Bonchev–Trinajstić information content (AvgIpc) is 2.35. The van der Waals surface area contributed by atoms with Gasteiger partial charge >= 0.3 is 0 Å². The highest BCUT2D eigenvalue weighted by atomic mass is 16.1. The van der Waals surface area contributed by atoms with Gasteiger partial charge < -0.3 is 5.32 Å². The maximum absolute atomic E-state index is 12.2. The minimum Gasteiger partial charge on any atom is -0.316 e. The number of allylic oxidation sites excluding steroid dienone is 4. The largest absolute Gasteiger partial charge is 0.316 e. The van der Waals surface area contributed by atoms with Crippen LogP contribution in [0, 0.1) is 17.8 Å². The van der Waals surface area contributed by atoms with E-state index in [1.54, 1.807) is 0 Å². The van der Waals surface area contributed by atoms with E-state index in [1.165, 1.54) is 6.42 Å². The third-order valence-electron chi connectivity index (χ3n) is 3.72. The maximum atomic E-state index is 12.2. The van der Waals surface area contributed by atoms with Crippen LogP contribution < -0.4 is 5.32 Å². The third-order valence-corrected chi connectivity index (χ3v) is 3.72. The van der Waals surface area contributed by atoms with Crippen molar-refractivity contribution in [3.05, 3.63) is 23.8 Å². The van der Waals surface area contributed by atoms with Crippen LogP contribution >= 0.6 is 0 Å². The zero-order valence-corrected chi connectivity index (χ0v) is 12.2. The van der Waals surface area contributed by atoms with Gasteiger partial charge in [-0.05, 0) is 57.2 Å². The standard InChI is InChI=1S/C16H27NO/c1-5-6-7-13(3)16(18)14(4)9-15-8-12(2)10-17-11-15/h5-7,12,14-15,17H,8-11H2,1-4H3/b6-5-,13-7+. The summed E-state index contributed by atoms with van der Waals surface area (Å²) in [5.41, 5.74) is 0.873. The molecule has 1 fully saturated rings. The normalized spacial score (nSPS) is 27.4. The second kappa shape index (κ2) is 7.52. The molecule has 1 saturated heterocycles. The topological polar surface area (TPSA) is 29.1 Å². The molecule has 1 N–H and O–H groups in total. The fraction of sp³-hybridized carbons (Fsp3) is 0.688. The van der Waals surface area contributed by atoms with Crippen LogP contribution in [0.15, 0.2) is 23.8 Å². The number of hydrogen-bond acceptors (Lipinski definition) is 2. The zero-order chi connectivity index (χ0) is 13.5. The Morgan fingerprint density at radius 3 is 2.78 bits per heavy atom. The Morgan fingerprint density at radius 1 is 1.44 bits per heavy atom. The fourth-order valence-corrected chi connectivity index (χ4v) is 2.77. The molecule has 1 rings (SSSR count). The van der Waals surface area contributed by atoms with E-state index in [-0.39, 0.29) is 5.92 Å². The number of Topliss-reactive ketones (excluding diaryl/α,β-unsaturated/α-hetero) is 1. The van der Waals surface area contributed by atoms with Crippen molar-refractivity contribution in [2.75, 3.05) is 13.1 Å². The minimum absolute atomic E-state index is 0.142. The highest BCUT2D eigenvalue weighted by Crippen LogP contribution is 2.24. The SMILES string of the molecule is C/C=C\C=C(/C)C(=O)C(C)CC1CNCC(C)C1. The second-order valence-electron chi connectivity index (χ2n) is 5.74. The lowest BCUT2D eigenvalue weighted by Gasteiger charge is -2.29. The number of ketones is 1. The lowest BCUT2D eigenvalue weighted by Crippen LogP contribution is -2.36. The summed E-state index contributed by atoms with van der Waals surface area (Å²) in [4.78, 5) is 12.2. The minimum atomic E-state index is 0.142. The Labute approximate surface area is 112 Å². The van der Waals surface area contributed by atoms with E-state index in [9.17, 15) is 4.79 Å². The van der Waals surface area contributed by atoms with Crippen LogP contribution in [-0.2, 0) is 4.79 Å². The van der Waals surface area contributed by atoms with E-state index in [0.29, 0.717) is 11.7 Å². The van der Waals surface area contributed by atoms with Gasteiger partial charge in [0.2, 0.25) is 0 Å². The zero-order valence-electron chi connectivity index (χ0n) is 12.2. The van der Waals surface area contributed by atoms with E-state index in [4.69, 9.17) is 0 Å². The summed E-state index contributed by atoms with van der Waals surface area (Å²) >= 11 is 0. The van der Waals surface area contributed by atoms with Crippen LogP contribution in [0.25, 0.3) is 0 Å². The summed E-state index contributed by atoms with van der Waals surface area (Å²) < 4.78 is 0. The van der Waals surface area contributed by atoms with E-state index in [2.05, 4.69) is 19.2 Å². The van der Waals surface area contributed by atoms with Crippen LogP contribution in [0.4, 0.5) is 0 Å². The van der Waals surface area contributed by atoms with E-state index in [0.717, 1.165) is 31.0 Å². The summed E-state index contributed by atoms with van der Waals surface area (Å²) in [5, 5.41) is 3.46. The van der Waals surface area contributed by atoms with Crippen molar-refractivity contribution in [3.63, 3.8) is 0 Å². The monoisotopic (exact) mass is 249 g/mol. The van der Waals surface area contributed by atoms with Gasteiger partial charge in [0.15, 0.2) is 5.78 Å². The van der Waals surface area contributed by atoms with E-state index >= 15 is 0 Å². The predicted molar refractivity (Wildman–Crippen MR) is 77.5 cm³/mol. The molecule has 0 saturated carbocycles. The number of carbonyl (C=O) groups is 1. The summed E-state index contributed by atoms with van der Waals surface area (Å²) in [6, 6.07) is 0. The molecule has 0 bridgehead atoms. The molecule has 0 aromatic carbocycles. The molecule has 2 heteroatoms. The first-order valence-corrected chi connectivity index (χ1v) is 7.09. The van der Waals surface area contributed by atoms with Crippen molar-refractivity contribution >= 4 is 5.78 Å². The van der Waals surface area contributed by atoms with Gasteiger partial charge in [0, 0.05) is 5.92 Å². The lowest BCUT2D eigenvalue weighted by molar-refractivity contribution is -0.119. The van der Waals surface area contributed by atoms with Crippen molar-refractivity contribution < 1.29 is 4.79 Å². The Bertz CT molecular complexity index is 330. The highest BCUT2D eigenvalue weighted by Gasteiger charge is 2.23. The fourth-order valence-electron chi connectivity index (χ4n) is 2.77. The van der Waals surface area contributed by atoms with Crippen molar-refractivity contribution in [1.82, 2.24) is 5.32 Å². The summed E-state index contributed by atoms with van der Waals surface area (Å²) in [6.45, 7) is 10.4. The van der Waals surface area contributed by atoms with Gasteiger partial charge in [0.25, 0.3) is 0 Å². The van der Waals surface area contributed by atoms with Crippen LogP contribution in [-0.4, -0.2) is 18.9 Å². The number of piperidine rings is 1. The highest BCUT2D eigenvalue weighted by molar-refractivity contribution is 5.96. The summed E-state index contributed by atoms with van der Waals surface area (Å²) in [6.07, 6.45) is 8.07. The number of nitrogens with one attached hydrogen (secondary N) is 1. The molecule has 18 heavy (non-hydrogen) atoms. The van der Waals surface area contributed by atoms with Gasteiger partial charge in [0.1, 0.15) is 0 Å². The molecule has 0 aromatic heterocycles. The van der Waals surface area contributed by atoms with Gasteiger partial charge in [-0.25, -0.2) is 0 Å².